The van der Waals surface area contributed by atoms with E-state index < -0.39 is 16.6 Å². The number of anilines is 1. The van der Waals surface area contributed by atoms with Crippen molar-refractivity contribution < 1.29 is 14.1 Å². The van der Waals surface area contributed by atoms with Gasteiger partial charge in [0.2, 0.25) is 5.91 Å². The summed E-state index contributed by atoms with van der Waals surface area (Å²) in [5.41, 5.74) is 1.09. The zero-order valence-electron chi connectivity index (χ0n) is 12.6. The number of amides is 1. The molecule has 2 aromatic heterocycles. The number of carbonyl (C=O) groups excluding carboxylic acids is 1. The lowest BCUT2D eigenvalue weighted by molar-refractivity contribution is -0.384. The number of hydrogen-bond acceptors (Lipinski definition) is 6. The van der Waals surface area contributed by atoms with Crippen LogP contribution in [0.5, 0.6) is 0 Å². The van der Waals surface area contributed by atoms with Crippen LogP contribution in [-0.2, 0) is 11.3 Å². The first kappa shape index (κ1) is 15.4. The topological polar surface area (TPSA) is 120 Å². The van der Waals surface area contributed by atoms with Crippen LogP contribution in [0.15, 0.2) is 45.7 Å². The molecular formula is C15H12N4O5. The normalized spacial score (nSPS) is 10.7. The fourth-order valence-corrected chi connectivity index (χ4v) is 2.25. The molecule has 1 aromatic carbocycles. The maximum Gasteiger partial charge on any atom is 0.420 e. The van der Waals surface area contributed by atoms with Crippen LogP contribution in [0.1, 0.15) is 5.56 Å². The highest BCUT2D eigenvalue weighted by molar-refractivity contribution is 5.90. The molecule has 24 heavy (non-hydrogen) atoms. The second-order valence-electron chi connectivity index (χ2n) is 5.13. The van der Waals surface area contributed by atoms with Gasteiger partial charge in [0.1, 0.15) is 12.4 Å². The number of carbonyl (C=O) groups is 1. The lowest BCUT2D eigenvalue weighted by Crippen LogP contribution is -2.25. The summed E-state index contributed by atoms with van der Waals surface area (Å²) in [6.07, 6.45) is 1.56. The summed E-state index contributed by atoms with van der Waals surface area (Å²) in [4.78, 5) is 38.2. The molecule has 2 heterocycles. The van der Waals surface area contributed by atoms with Crippen molar-refractivity contribution in [1.82, 2.24) is 9.55 Å². The number of nitrogens with one attached hydrogen (secondary N) is 1. The molecule has 0 saturated heterocycles. The van der Waals surface area contributed by atoms with Gasteiger partial charge in [0.05, 0.1) is 16.5 Å². The van der Waals surface area contributed by atoms with E-state index in [1.54, 1.807) is 18.3 Å². The number of nitro benzene ring substituents is 1. The molecule has 0 atom stereocenters. The third-order valence-electron chi connectivity index (χ3n) is 3.35. The molecule has 0 unspecified atom stereocenters. The lowest BCUT2D eigenvalue weighted by atomic mass is 10.3. The Bertz CT molecular complexity index is 1000. The number of hydrogen-bond donors (Lipinski definition) is 1. The van der Waals surface area contributed by atoms with Gasteiger partial charge in [-0.05, 0) is 30.7 Å². The zero-order chi connectivity index (χ0) is 17.3. The van der Waals surface area contributed by atoms with Crippen LogP contribution < -0.4 is 11.1 Å². The molecule has 0 aliphatic heterocycles. The second-order valence-corrected chi connectivity index (χ2v) is 5.13. The van der Waals surface area contributed by atoms with Crippen LogP contribution in [0.3, 0.4) is 0 Å². The van der Waals surface area contributed by atoms with Crippen molar-refractivity contribution in [3.8, 4) is 0 Å². The minimum atomic E-state index is -0.766. The predicted molar refractivity (Wildman–Crippen MR) is 84.7 cm³/mol. The number of oxazole rings is 1. The molecule has 0 saturated carbocycles. The summed E-state index contributed by atoms with van der Waals surface area (Å²) < 4.78 is 6.07. The molecule has 9 nitrogen and oxygen atoms in total. The fraction of sp³-hybridized carbons (Fsp3) is 0.133. The summed E-state index contributed by atoms with van der Waals surface area (Å²) in [5, 5.41) is 13.3. The number of aromatic nitrogens is 2. The molecule has 122 valence electrons. The van der Waals surface area contributed by atoms with Crippen LogP contribution >= 0.6 is 0 Å². The number of rotatable bonds is 4. The summed E-state index contributed by atoms with van der Waals surface area (Å²) in [6, 6.07) is 7.24. The van der Waals surface area contributed by atoms with Crippen molar-refractivity contribution in [1.29, 1.82) is 0 Å². The van der Waals surface area contributed by atoms with Crippen molar-refractivity contribution in [2.75, 3.05) is 5.32 Å². The number of nitro groups is 1. The third-order valence-corrected chi connectivity index (χ3v) is 3.35. The quantitative estimate of drug-likeness (QED) is 0.576. The van der Waals surface area contributed by atoms with Crippen LogP contribution in [0.25, 0.3) is 11.1 Å². The average Bonchev–Trinajstić information content (AvgIpc) is 2.82. The van der Waals surface area contributed by atoms with Gasteiger partial charge in [0, 0.05) is 12.3 Å². The lowest BCUT2D eigenvalue weighted by Gasteiger charge is -2.05. The number of non-ortho nitro benzene ring substituents is 1. The van der Waals surface area contributed by atoms with Gasteiger partial charge in [-0.3, -0.25) is 19.5 Å². The van der Waals surface area contributed by atoms with Crippen molar-refractivity contribution in [2.24, 2.45) is 0 Å². The number of nitrogens with zero attached hydrogens (tertiary/aromatic N) is 3. The average molecular weight is 328 g/mol. The number of benzene rings is 1. The maximum atomic E-state index is 12.1. The molecule has 0 aliphatic rings. The molecule has 3 rings (SSSR count). The van der Waals surface area contributed by atoms with E-state index in [1.807, 2.05) is 6.92 Å². The molecule has 0 spiro atoms. The summed E-state index contributed by atoms with van der Waals surface area (Å²) in [5.74, 6) is -0.856. The van der Waals surface area contributed by atoms with Gasteiger partial charge in [-0.2, -0.15) is 0 Å². The van der Waals surface area contributed by atoms with Crippen LogP contribution in [0.2, 0.25) is 0 Å². The van der Waals surface area contributed by atoms with Crippen molar-refractivity contribution in [2.45, 2.75) is 13.5 Å². The Hall–Kier alpha value is -3.49. The van der Waals surface area contributed by atoms with Crippen molar-refractivity contribution >= 4 is 28.5 Å². The SMILES string of the molecule is Cc1ccnc(NC(=O)Cn2c(=O)oc3cc([N+](=O)[O-])ccc32)c1. The van der Waals surface area contributed by atoms with E-state index in [4.69, 9.17) is 4.42 Å². The highest BCUT2D eigenvalue weighted by atomic mass is 16.6. The Labute approximate surface area is 134 Å². The molecule has 0 bridgehead atoms. The van der Waals surface area contributed by atoms with E-state index in [1.165, 1.54) is 12.1 Å². The van der Waals surface area contributed by atoms with E-state index in [0.717, 1.165) is 16.2 Å². The van der Waals surface area contributed by atoms with Crippen LogP contribution in [0.4, 0.5) is 11.5 Å². The summed E-state index contributed by atoms with van der Waals surface area (Å²) >= 11 is 0. The monoisotopic (exact) mass is 328 g/mol. The molecule has 1 amide bonds. The second kappa shape index (κ2) is 5.95. The molecule has 0 radical (unpaired) electrons. The van der Waals surface area contributed by atoms with Crippen molar-refractivity contribution in [3.05, 3.63) is 62.8 Å². The van der Waals surface area contributed by atoms with Gasteiger partial charge in [-0.1, -0.05) is 0 Å². The van der Waals surface area contributed by atoms with Gasteiger partial charge < -0.3 is 9.73 Å². The molecule has 3 aromatic rings. The number of fused-ring (bicyclic) bond motifs is 1. The van der Waals surface area contributed by atoms with E-state index in [9.17, 15) is 19.7 Å². The van der Waals surface area contributed by atoms with Gasteiger partial charge in [-0.15, -0.1) is 0 Å². The first-order chi connectivity index (χ1) is 11.4. The highest BCUT2D eigenvalue weighted by Gasteiger charge is 2.16. The van der Waals surface area contributed by atoms with Crippen LogP contribution in [0, 0.1) is 17.0 Å². The zero-order valence-corrected chi connectivity index (χ0v) is 12.6. The van der Waals surface area contributed by atoms with Gasteiger partial charge in [0.15, 0.2) is 5.58 Å². The minimum absolute atomic E-state index is 0.0516. The van der Waals surface area contributed by atoms with Gasteiger partial charge in [0.25, 0.3) is 5.69 Å². The largest absolute Gasteiger partial charge is 0.420 e. The van der Waals surface area contributed by atoms with Crippen molar-refractivity contribution in [3.63, 3.8) is 0 Å². The Morgan fingerprint density at radius 2 is 2.17 bits per heavy atom. The Morgan fingerprint density at radius 3 is 2.88 bits per heavy atom. The Balaban J connectivity index is 1.87. The summed E-state index contributed by atoms with van der Waals surface area (Å²) in [7, 11) is 0. The first-order valence-corrected chi connectivity index (χ1v) is 6.94. The van der Waals surface area contributed by atoms with E-state index in [0.29, 0.717) is 11.3 Å². The van der Waals surface area contributed by atoms with E-state index in [2.05, 4.69) is 10.3 Å². The highest BCUT2D eigenvalue weighted by Crippen LogP contribution is 2.20. The molecule has 9 heteroatoms. The molecule has 0 aliphatic carbocycles. The van der Waals surface area contributed by atoms with Gasteiger partial charge >= 0.3 is 5.76 Å². The summed E-state index contributed by atoms with van der Waals surface area (Å²) in [6.45, 7) is 1.57. The Morgan fingerprint density at radius 1 is 1.38 bits per heavy atom. The van der Waals surface area contributed by atoms with Gasteiger partial charge in [-0.25, -0.2) is 9.78 Å². The third kappa shape index (κ3) is 3.00. The fourth-order valence-electron chi connectivity index (χ4n) is 2.25. The standard InChI is InChI=1S/C15H12N4O5/c1-9-4-5-16-13(6-9)17-14(20)8-18-11-3-2-10(19(22)23)7-12(11)24-15(18)21/h2-7H,8H2,1H3,(H,16,17,20). The van der Waals surface area contributed by atoms with E-state index >= 15 is 0 Å². The van der Waals surface area contributed by atoms with Crippen LogP contribution in [-0.4, -0.2) is 20.4 Å². The molecule has 1 N–H and O–H groups in total. The Kier molecular flexibility index (Phi) is 3.82. The first-order valence-electron chi connectivity index (χ1n) is 6.94. The maximum absolute atomic E-state index is 12.1. The predicted octanol–water partition coefficient (Wildman–Crippen LogP) is 1.84. The smallest absolute Gasteiger partial charge is 0.407 e. The molecular weight excluding hydrogens is 316 g/mol. The molecule has 0 fully saturated rings. The minimum Gasteiger partial charge on any atom is -0.407 e. The van der Waals surface area contributed by atoms with E-state index in [-0.39, 0.29) is 17.8 Å². The number of pyridine rings is 1. The number of aryl methyl sites for hydroxylation is 1.